The molecule has 0 heterocycles. The number of likely N-dealkylation sites (N-methyl/N-ethyl adjacent to an activating group) is 1. The molecule has 1 aromatic carbocycles. The largest absolute Gasteiger partial charge is 0.341 e. The normalized spacial score (nSPS) is 12.8. The van der Waals surface area contributed by atoms with Crippen LogP contribution >= 0.6 is 0 Å². The van der Waals surface area contributed by atoms with Crippen LogP contribution in [-0.4, -0.2) is 39.4 Å². The molecule has 1 amide bonds. The summed E-state index contributed by atoms with van der Waals surface area (Å²) in [4.78, 5) is 13.6. The molecule has 0 radical (unpaired) electrons. The van der Waals surface area contributed by atoms with Crippen molar-refractivity contribution in [1.29, 1.82) is 5.26 Å². The number of benzene rings is 1. The molecule has 1 N–H and O–H groups in total. The molecule has 0 spiro atoms. The third-order valence-electron chi connectivity index (χ3n) is 3.09. The van der Waals surface area contributed by atoms with Crippen LogP contribution in [0.3, 0.4) is 0 Å². The zero-order chi connectivity index (χ0) is 17.5. The molecule has 0 saturated carbocycles. The highest BCUT2D eigenvalue weighted by molar-refractivity contribution is 7.89. The molecule has 0 aliphatic rings. The van der Waals surface area contributed by atoms with Crippen LogP contribution in [-0.2, 0) is 14.8 Å². The quantitative estimate of drug-likeness (QED) is 0.767. The molecular formula is C16H21N3O3S. The van der Waals surface area contributed by atoms with Gasteiger partial charge in [0.2, 0.25) is 15.9 Å². The lowest BCUT2D eigenvalue weighted by atomic mass is 10.2. The number of hydrogen-bond acceptors (Lipinski definition) is 4. The highest BCUT2D eigenvalue weighted by Gasteiger charge is 2.12. The van der Waals surface area contributed by atoms with Crippen molar-refractivity contribution in [1.82, 2.24) is 9.62 Å². The number of nitrogens with one attached hydrogen (secondary N) is 1. The fourth-order valence-corrected chi connectivity index (χ4v) is 2.91. The maximum atomic E-state index is 11.9. The molecule has 1 atom stereocenters. The van der Waals surface area contributed by atoms with Crippen molar-refractivity contribution in [3.8, 4) is 6.07 Å². The van der Waals surface area contributed by atoms with Gasteiger partial charge in [0.25, 0.3) is 0 Å². The molecule has 6 nitrogen and oxygen atoms in total. The first-order valence-electron chi connectivity index (χ1n) is 7.22. The van der Waals surface area contributed by atoms with Gasteiger partial charge in [-0.1, -0.05) is 19.1 Å². The van der Waals surface area contributed by atoms with Gasteiger partial charge in [-0.15, -0.1) is 0 Å². The van der Waals surface area contributed by atoms with E-state index in [0.29, 0.717) is 13.1 Å². The SMILES string of the molecule is CCNS(=O)(=O)c1ccc(/C=C\C(=O)N(C)C[C@H](C)C#N)cc1. The highest BCUT2D eigenvalue weighted by Crippen LogP contribution is 2.11. The smallest absolute Gasteiger partial charge is 0.246 e. The minimum atomic E-state index is -3.47. The second kappa shape index (κ2) is 8.46. The van der Waals surface area contributed by atoms with Crippen LogP contribution in [0.5, 0.6) is 0 Å². The summed E-state index contributed by atoms with van der Waals surface area (Å²) in [6.07, 6.45) is 3.01. The number of carbonyl (C=O) groups excluding carboxylic acids is 1. The fourth-order valence-electron chi connectivity index (χ4n) is 1.87. The van der Waals surface area contributed by atoms with Crippen LogP contribution in [0.1, 0.15) is 19.4 Å². The molecule has 7 heteroatoms. The predicted octanol–water partition coefficient (Wildman–Crippen LogP) is 1.62. The Morgan fingerprint density at radius 3 is 2.52 bits per heavy atom. The Morgan fingerprint density at radius 1 is 1.39 bits per heavy atom. The number of nitriles is 1. The molecule has 0 unspecified atom stereocenters. The fraction of sp³-hybridized carbons (Fsp3) is 0.375. The Bertz CT molecular complexity index is 703. The third kappa shape index (κ3) is 5.85. The van der Waals surface area contributed by atoms with E-state index in [9.17, 15) is 13.2 Å². The van der Waals surface area contributed by atoms with Gasteiger partial charge in [-0.25, -0.2) is 13.1 Å². The van der Waals surface area contributed by atoms with E-state index in [1.807, 2.05) is 0 Å². The maximum Gasteiger partial charge on any atom is 0.246 e. The summed E-state index contributed by atoms with van der Waals surface area (Å²) in [7, 11) is -1.84. The highest BCUT2D eigenvalue weighted by atomic mass is 32.2. The second-order valence-corrected chi connectivity index (χ2v) is 6.92. The number of carbonyl (C=O) groups is 1. The van der Waals surface area contributed by atoms with Crippen molar-refractivity contribution in [3.63, 3.8) is 0 Å². The molecule has 0 aliphatic heterocycles. The van der Waals surface area contributed by atoms with E-state index in [0.717, 1.165) is 5.56 Å². The molecule has 124 valence electrons. The average Bonchev–Trinajstić information content (AvgIpc) is 2.52. The molecule has 1 aromatic rings. The Hall–Kier alpha value is -2.17. The van der Waals surface area contributed by atoms with Gasteiger partial charge in [0, 0.05) is 26.2 Å². The van der Waals surface area contributed by atoms with Gasteiger partial charge in [0.15, 0.2) is 0 Å². The standard InChI is InChI=1S/C16H21N3O3S/c1-4-18-23(21,22)15-8-5-14(6-9-15)7-10-16(20)19(3)12-13(2)11-17/h5-10,13,18H,4,12H2,1-3H3/b10-7-/t13-/m1/s1. The van der Waals surface area contributed by atoms with Gasteiger partial charge in [-0.2, -0.15) is 5.26 Å². The zero-order valence-corrected chi connectivity index (χ0v) is 14.3. The Labute approximate surface area is 137 Å². The summed E-state index contributed by atoms with van der Waals surface area (Å²) in [6, 6.07) is 8.32. The molecule has 0 saturated heterocycles. The first-order chi connectivity index (χ1) is 10.8. The number of nitrogens with zero attached hydrogens (tertiary/aromatic N) is 2. The minimum absolute atomic E-state index is 0.183. The van der Waals surface area contributed by atoms with Gasteiger partial charge in [0.1, 0.15) is 0 Å². The van der Waals surface area contributed by atoms with E-state index in [-0.39, 0.29) is 16.7 Å². The molecule has 0 aliphatic carbocycles. The van der Waals surface area contributed by atoms with E-state index >= 15 is 0 Å². The molecule has 23 heavy (non-hydrogen) atoms. The zero-order valence-electron chi connectivity index (χ0n) is 13.5. The Morgan fingerprint density at radius 2 is 2.00 bits per heavy atom. The summed E-state index contributed by atoms with van der Waals surface area (Å²) in [6.45, 7) is 4.15. The van der Waals surface area contributed by atoms with Crippen LogP contribution in [0.25, 0.3) is 6.08 Å². The van der Waals surface area contributed by atoms with Crippen molar-refractivity contribution < 1.29 is 13.2 Å². The van der Waals surface area contributed by atoms with Crippen molar-refractivity contribution in [2.45, 2.75) is 18.7 Å². The molecular weight excluding hydrogens is 314 g/mol. The predicted molar refractivity (Wildman–Crippen MR) is 88.8 cm³/mol. The van der Waals surface area contributed by atoms with Gasteiger partial charge in [-0.3, -0.25) is 4.79 Å². The first kappa shape index (κ1) is 18.9. The number of sulfonamides is 1. The molecule has 0 bridgehead atoms. The van der Waals surface area contributed by atoms with E-state index in [1.54, 1.807) is 39.1 Å². The lowest BCUT2D eigenvalue weighted by Gasteiger charge is -2.15. The van der Waals surface area contributed by atoms with Crippen LogP contribution in [0.2, 0.25) is 0 Å². The number of rotatable bonds is 7. The monoisotopic (exact) mass is 335 g/mol. The topological polar surface area (TPSA) is 90.3 Å². The Kier molecular flexibility index (Phi) is 6.94. The van der Waals surface area contributed by atoms with E-state index in [4.69, 9.17) is 5.26 Å². The van der Waals surface area contributed by atoms with Crippen molar-refractivity contribution >= 4 is 22.0 Å². The summed E-state index contributed by atoms with van der Waals surface area (Å²) < 4.78 is 26.0. The van der Waals surface area contributed by atoms with Gasteiger partial charge in [-0.05, 0) is 30.7 Å². The minimum Gasteiger partial charge on any atom is -0.341 e. The van der Waals surface area contributed by atoms with Crippen LogP contribution in [0.15, 0.2) is 35.2 Å². The summed E-state index contributed by atoms with van der Waals surface area (Å²) in [5, 5.41) is 8.74. The molecule has 0 aromatic heterocycles. The van der Waals surface area contributed by atoms with Crippen molar-refractivity contribution in [2.75, 3.05) is 20.1 Å². The van der Waals surface area contributed by atoms with Crippen molar-refractivity contribution in [2.24, 2.45) is 5.92 Å². The van der Waals surface area contributed by atoms with E-state index < -0.39 is 10.0 Å². The number of amides is 1. The maximum absolute atomic E-state index is 11.9. The van der Waals surface area contributed by atoms with E-state index in [2.05, 4.69) is 10.8 Å². The molecule has 1 rings (SSSR count). The third-order valence-corrected chi connectivity index (χ3v) is 4.65. The first-order valence-corrected chi connectivity index (χ1v) is 8.71. The van der Waals surface area contributed by atoms with Crippen LogP contribution in [0, 0.1) is 17.2 Å². The van der Waals surface area contributed by atoms with E-state index in [1.165, 1.54) is 23.1 Å². The summed E-state index contributed by atoms with van der Waals surface area (Å²) in [5.74, 6) is -0.440. The lowest BCUT2D eigenvalue weighted by molar-refractivity contribution is -0.125. The molecule has 0 fully saturated rings. The van der Waals surface area contributed by atoms with Gasteiger partial charge < -0.3 is 4.90 Å². The van der Waals surface area contributed by atoms with Crippen LogP contribution in [0.4, 0.5) is 0 Å². The van der Waals surface area contributed by atoms with Gasteiger partial charge in [0.05, 0.1) is 16.9 Å². The average molecular weight is 335 g/mol. The lowest BCUT2D eigenvalue weighted by Crippen LogP contribution is -2.29. The Balaban J connectivity index is 2.75. The summed E-state index contributed by atoms with van der Waals surface area (Å²) in [5.41, 5.74) is 0.718. The second-order valence-electron chi connectivity index (χ2n) is 5.15. The van der Waals surface area contributed by atoms with Crippen molar-refractivity contribution in [3.05, 3.63) is 35.9 Å². The summed E-state index contributed by atoms with van der Waals surface area (Å²) >= 11 is 0. The van der Waals surface area contributed by atoms with Gasteiger partial charge >= 0.3 is 0 Å². The van der Waals surface area contributed by atoms with Crippen LogP contribution < -0.4 is 4.72 Å². The number of hydrogen-bond donors (Lipinski definition) is 1.